The van der Waals surface area contributed by atoms with Crippen LogP contribution in [0.1, 0.15) is 6.92 Å². The molecule has 0 spiro atoms. The van der Waals surface area contributed by atoms with E-state index in [0.29, 0.717) is 0 Å². The summed E-state index contributed by atoms with van der Waals surface area (Å²) < 4.78 is 0. The van der Waals surface area contributed by atoms with Crippen LogP contribution < -0.4 is 11.9 Å². The Labute approximate surface area is 78.0 Å². The molecule has 48 valence electrons. The molecule has 1 atom stereocenters. The van der Waals surface area contributed by atoms with Crippen LogP contribution in [0, 0.1) is 0 Å². The fourth-order valence-corrected chi connectivity index (χ4v) is 0. The van der Waals surface area contributed by atoms with Gasteiger partial charge in [0.25, 0.3) is 0 Å². The van der Waals surface area contributed by atoms with Crippen LogP contribution in [0.2, 0.25) is 0 Å². The van der Waals surface area contributed by atoms with Gasteiger partial charge in [-0.15, -0.1) is 0 Å². The van der Waals surface area contributed by atoms with Gasteiger partial charge in [-0.05, 0) is 6.92 Å². The van der Waals surface area contributed by atoms with Crippen molar-refractivity contribution in [3.05, 3.63) is 0 Å². The number of hydrogen-bond donors (Lipinski definition) is 3. The second-order valence-electron chi connectivity index (χ2n) is 1.13. The molecule has 0 saturated heterocycles. The standard InChI is InChI=1S/C3H7NO2.Ca.H3N.2H/c1-2(4)3(5)6;;;;/h2H,4H2,1H3,(H,5,6);;1H3;;. The molecule has 6 N–H and O–H groups in total. The van der Waals surface area contributed by atoms with Crippen LogP contribution in [0.4, 0.5) is 0 Å². The molecule has 0 aromatic carbocycles. The molecule has 0 fully saturated rings. The van der Waals surface area contributed by atoms with Gasteiger partial charge in [0.2, 0.25) is 0 Å². The van der Waals surface area contributed by atoms with Crippen molar-refractivity contribution in [2.75, 3.05) is 0 Å². The van der Waals surface area contributed by atoms with Crippen LogP contribution >= 0.6 is 0 Å². The van der Waals surface area contributed by atoms with Crippen molar-refractivity contribution in [1.29, 1.82) is 0 Å². The number of carboxylic acid groups (broad SMARTS) is 1. The van der Waals surface area contributed by atoms with Gasteiger partial charge in [-0.1, -0.05) is 0 Å². The molecule has 0 heterocycles. The molecule has 0 bridgehead atoms. The molecule has 0 aromatic rings. The van der Waals surface area contributed by atoms with Gasteiger partial charge < -0.3 is 17.0 Å². The molecule has 0 saturated carbocycles. The van der Waals surface area contributed by atoms with E-state index in [-0.39, 0.29) is 43.9 Å². The molecular weight excluding hydrogens is 136 g/mol. The first kappa shape index (κ1) is 15.9. The normalized spacial score (nSPS) is 10.2. The number of carbonyl (C=O) groups is 1. The quantitative estimate of drug-likeness (QED) is 0.401. The third-order valence-corrected chi connectivity index (χ3v) is 0.390. The Morgan fingerprint density at radius 3 is 1.88 bits per heavy atom. The molecule has 0 amide bonds. The van der Waals surface area contributed by atoms with Gasteiger partial charge in [-0.25, -0.2) is 0 Å². The maximum absolute atomic E-state index is 9.57. The van der Waals surface area contributed by atoms with Crippen molar-refractivity contribution in [1.82, 2.24) is 6.15 Å². The van der Waals surface area contributed by atoms with Gasteiger partial charge >= 0.3 is 43.7 Å². The van der Waals surface area contributed by atoms with E-state index < -0.39 is 12.0 Å². The Balaban J connectivity index is -0.000000125. The van der Waals surface area contributed by atoms with Crippen molar-refractivity contribution in [2.45, 2.75) is 13.0 Å². The van der Waals surface area contributed by atoms with E-state index in [1.54, 1.807) is 0 Å². The summed E-state index contributed by atoms with van der Waals surface area (Å²) in [4.78, 5) is 9.57. The van der Waals surface area contributed by atoms with Crippen LogP contribution in [-0.4, -0.2) is 54.9 Å². The predicted molar refractivity (Wildman–Crippen MR) is 34.9 cm³/mol. The SMILES string of the molecule is CC(N)C(=O)O.N.[CaH2]. The predicted octanol–water partition coefficient (Wildman–Crippen LogP) is -1.34. The maximum atomic E-state index is 9.57. The third kappa shape index (κ3) is 9.82. The Morgan fingerprint density at radius 1 is 1.75 bits per heavy atom. The van der Waals surface area contributed by atoms with Crippen molar-refractivity contribution in [3.63, 3.8) is 0 Å². The molecule has 0 aliphatic heterocycles. The molecular formula is C3H12CaN2O2. The van der Waals surface area contributed by atoms with Crippen LogP contribution in [-0.2, 0) is 4.79 Å². The summed E-state index contributed by atoms with van der Waals surface area (Å²) in [6.45, 7) is 1.42. The van der Waals surface area contributed by atoms with Crippen LogP contribution in [0.15, 0.2) is 0 Å². The third-order valence-electron chi connectivity index (χ3n) is 0.390. The van der Waals surface area contributed by atoms with Crippen LogP contribution in [0.5, 0.6) is 0 Å². The average Bonchev–Trinajstić information content (AvgIpc) is 1.36. The van der Waals surface area contributed by atoms with Gasteiger partial charge in [0.1, 0.15) is 6.04 Å². The molecule has 0 rings (SSSR count). The molecule has 4 nitrogen and oxygen atoms in total. The van der Waals surface area contributed by atoms with Crippen molar-refractivity contribution in [2.24, 2.45) is 5.73 Å². The van der Waals surface area contributed by atoms with Crippen LogP contribution in [0.3, 0.4) is 0 Å². The zero-order valence-electron chi connectivity index (χ0n) is 4.22. The molecule has 0 aliphatic rings. The van der Waals surface area contributed by atoms with E-state index >= 15 is 0 Å². The summed E-state index contributed by atoms with van der Waals surface area (Å²) in [5.41, 5.74) is 4.84. The fourth-order valence-electron chi connectivity index (χ4n) is 0. The topological polar surface area (TPSA) is 98.3 Å². The Hall–Kier alpha value is 0.650. The average molecular weight is 148 g/mol. The van der Waals surface area contributed by atoms with Crippen molar-refractivity contribution < 1.29 is 9.90 Å². The number of nitrogens with two attached hydrogens (primary N) is 1. The zero-order valence-corrected chi connectivity index (χ0v) is 4.22. The Morgan fingerprint density at radius 2 is 1.88 bits per heavy atom. The summed E-state index contributed by atoms with van der Waals surface area (Å²) in [6, 6.07) is -0.731. The number of aliphatic carboxylic acids is 1. The molecule has 8 heavy (non-hydrogen) atoms. The minimum atomic E-state index is -0.963. The fraction of sp³-hybridized carbons (Fsp3) is 0.667. The van der Waals surface area contributed by atoms with E-state index in [0.717, 1.165) is 0 Å². The van der Waals surface area contributed by atoms with Gasteiger partial charge in [0, 0.05) is 0 Å². The summed E-state index contributed by atoms with van der Waals surface area (Å²) in [6.07, 6.45) is 0. The van der Waals surface area contributed by atoms with E-state index in [1.165, 1.54) is 6.92 Å². The van der Waals surface area contributed by atoms with E-state index in [9.17, 15) is 4.79 Å². The minimum absolute atomic E-state index is 0. The second-order valence-corrected chi connectivity index (χ2v) is 1.13. The molecule has 0 radical (unpaired) electrons. The van der Waals surface area contributed by atoms with E-state index in [4.69, 9.17) is 10.8 Å². The summed E-state index contributed by atoms with van der Waals surface area (Å²) in [5, 5.41) is 7.87. The van der Waals surface area contributed by atoms with Crippen molar-refractivity contribution >= 4 is 43.7 Å². The number of rotatable bonds is 1. The molecule has 1 unspecified atom stereocenters. The van der Waals surface area contributed by atoms with Crippen LogP contribution in [0.25, 0.3) is 0 Å². The van der Waals surface area contributed by atoms with Gasteiger partial charge in [0.15, 0.2) is 0 Å². The summed E-state index contributed by atoms with van der Waals surface area (Å²) in [5.74, 6) is -0.963. The van der Waals surface area contributed by atoms with Gasteiger partial charge in [-0.3, -0.25) is 4.79 Å². The second kappa shape index (κ2) is 7.65. The Kier molecular flexibility index (Phi) is 15.2. The van der Waals surface area contributed by atoms with E-state index in [2.05, 4.69) is 0 Å². The zero-order chi connectivity index (χ0) is 5.15. The first-order chi connectivity index (χ1) is 2.64. The van der Waals surface area contributed by atoms with Gasteiger partial charge in [-0.2, -0.15) is 0 Å². The Bertz CT molecular complexity index is 66.3. The van der Waals surface area contributed by atoms with E-state index in [1.807, 2.05) is 0 Å². The van der Waals surface area contributed by atoms with Crippen molar-refractivity contribution in [3.8, 4) is 0 Å². The monoisotopic (exact) mass is 148 g/mol. The molecule has 5 heteroatoms. The first-order valence-corrected chi connectivity index (χ1v) is 1.63. The first-order valence-electron chi connectivity index (χ1n) is 1.63. The van der Waals surface area contributed by atoms with Gasteiger partial charge in [0.05, 0.1) is 0 Å². The number of hydrogen-bond acceptors (Lipinski definition) is 3. The molecule has 0 aromatic heterocycles. The summed E-state index contributed by atoms with van der Waals surface area (Å²) >= 11 is 0. The molecule has 0 aliphatic carbocycles. The number of carboxylic acids is 1. The summed E-state index contributed by atoms with van der Waals surface area (Å²) in [7, 11) is 0.